The largest absolute Gasteiger partial charge is 0.497 e. The number of ether oxygens (including phenoxy) is 1. The quantitative estimate of drug-likeness (QED) is 0.838. The van der Waals surface area contributed by atoms with Gasteiger partial charge in [-0.3, -0.25) is 4.79 Å². The van der Waals surface area contributed by atoms with E-state index in [4.69, 9.17) is 10.5 Å². The molecule has 0 bridgehead atoms. The summed E-state index contributed by atoms with van der Waals surface area (Å²) in [5.74, 6) is 1.20. The Morgan fingerprint density at radius 1 is 1.42 bits per heavy atom. The number of nitrogens with two attached hydrogens (primary N) is 1. The Morgan fingerprint density at radius 2 is 2.11 bits per heavy atom. The molecule has 0 saturated carbocycles. The van der Waals surface area contributed by atoms with Crippen LogP contribution in [-0.2, 0) is 4.79 Å². The number of rotatable bonds is 3. The van der Waals surface area contributed by atoms with Crippen LogP contribution < -0.4 is 20.7 Å². The summed E-state index contributed by atoms with van der Waals surface area (Å²) in [4.78, 5) is 14.1. The van der Waals surface area contributed by atoms with E-state index in [1.54, 1.807) is 7.11 Å². The van der Waals surface area contributed by atoms with E-state index in [0.717, 1.165) is 18.0 Å². The minimum absolute atomic E-state index is 0.00247. The lowest BCUT2D eigenvalue weighted by molar-refractivity contribution is -0.121. The average Bonchev–Trinajstić information content (AvgIpc) is 2.58. The Balaban J connectivity index is 2.28. The topological polar surface area (TPSA) is 67.6 Å². The van der Waals surface area contributed by atoms with Gasteiger partial charge in [0.05, 0.1) is 7.11 Å². The van der Waals surface area contributed by atoms with Gasteiger partial charge in [-0.25, -0.2) is 0 Å². The molecule has 1 fully saturated rings. The molecule has 0 spiro atoms. The van der Waals surface area contributed by atoms with E-state index in [2.05, 4.69) is 17.1 Å². The number of nitrogens with zero attached hydrogens (tertiary/aromatic N) is 1. The molecule has 2 rings (SSSR count). The van der Waals surface area contributed by atoms with Crippen molar-refractivity contribution < 1.29 is 9.53 Å². The van der Waals surface area contributed by atoms with Gasteiger partial charge in [0.1, 0.15) is 11.8 Å². The molecule has 1 amide bonds. The van der Waals surface area contributed by atoms with Gasteiger partial charge in [-0.2, -0.15) is 0 Å². The fourth-order valence-electron chi connectivity index (χ4n) is 2.36. The second-order valence-corrected chi connectivity index (χ2v) is 4.95. The molecular formula is C14H21N3O2. The Morgan fingerprint density at radius 3 is 2.68 bits per heavy atom. The summed E-state index contributed by atoms with van der Waals surface area (Å²) in [6.45, 7) is 3.94. The summed E-state index contributed by atoms with van der Waals surface area (Å²) in [6, 6.07) is 7.42. The van der Waals surface area contributed by atoms with Crippen LogP contribution in [0.15, 0.2) is 24.3 Å². The maximum atomic E-state index is 12.0. The molecule has 1 aromatic rings. The zero-order valence-corrected chi connectivity index (χ0v) is 11.4. The van der Waals surface area contributed by atoms with Gasteiger partial charge in [-0.05, 0) is 30.2 Å². The molecule has 1 aliphatic rings. The average molecular weight is 263 g/mol. The van der Waals surface area contributed by atoms with Gasteiger partial charge in [-0.15, -0.1) is 0 Å². The highest BCUT2D eigenvalue weighted by atomic mass is 16.5. The van der Waals surface area contributed by atoms with E-state index in [-0.39, 0.29) is 11.9 Å². The Hall–Kier alpha value is -1.75. The molecule has 3 N–H and O–H groups in total. The number of hydrogen-bond donors (Lipinski definition) is 2. The third-order valence-electron chi connectivity index (χ3n) is 3.44. The molecule has 5 heteroatoms. The Labute approximate surface area is 113 Å². The Kier molecular flexibility index (Phi) is 4.27. The molecule has 104 valence electrons. The first kappa shape index (κ1) is 13.7. The van der Waals surface area contributed by atoms with Crippen LogP contribution in [0.1, 0.15) is 6.92 Å². The van der Waals surface area contributed by atoms with E-state index in [1.807, 2.05) is 24.3 Å². The monoisotopic (exact) mass is 263 g/mol. The van der Waals surface area contributed by atoms with Gasteiger partial charge < -0.3 is 20.7 Å². The van der Waals surface area contributed by atoms with Crippen molar-refractivity contribution in [3.8, 4) is 5.75 Å². The standard InChI is InChI=1S/C14H21N3O2/c1-10-8-16-14(18)13(7-15)17(9-10)11-3-5-12(19-2)6-4-11/h3-6,10,13H,7-9,15H2,1-2H3,(H,16,18). The highest BCUT2D eigenvalue weighted by molar-refractivity contribution is 5.86. The van der Waals surface area contributed by atoms with Crippen molar-refractivity contribution in [1.29, 1.82) is 0 Å². The summed E-state index contributed by atoms with van der Waals surface area (Å²) >= 11 is 0. The zero-order chi connectivity index (χ0) is 13.8. The molecular weight excluding hydrogens is 242 g/mol. The molecule has 0 aliphatic carbocycles. The van der Waals surface area contributed by atoms with E-state index in [9.17, 15) is 4.79 Å². The Bertz CT molecular complexity index is 433. The number of amides is 1. The van der Waals surface area contributed by atoms with Crippen LogP contribution in [0.2, 0.25) is 0 Å². The maximum Gasteiger partial charge on any atom is 0.244 e. The first-order valence-corrected chi connectivity index (χ1v) is 6.54. The van der Waals surface area contributed by atoms with Crippen LogP contribution >= 0.6 is 0 Å². The van der Waals surface area contributed by atoms with Gasteiger partial charge >= 0.3 is 0 Å². The van der Waals surface area contributed by atoms with Crippen LogP contribution in [0.5, 0.6) is 5.75 Å². The number of nitrogens with one attached hydrogen (secondary N) is 1. The molecule has 5 nitrogen and oxygen atoms in total. The van der Waals surface area contributed by atoms with Crippen molar-refractivity contribution in [3.05, 3.63) is 24.3 Å². The second kappa shape index (κ2) is 5.93. The van der Waals surface area contributed by atoms with Crippen molar-refractivity contribution in [1.82, 2.24) is 5.32 Å². The van der Waals surface area contributed by atoms with E-state index in [0.29, 0.717) is 19.0 Å². The van der Waals surface area contributed by atoms with Gasteiger partial charge in [0.25, 0.3) is 0 Å². The molecule has 2 unspecified atom stereocenters. The molecule has 1 aromatic carbocycles. The molecule has 1 heterocycles. The van der Waals surface area contributed by atoms with Crippen LogP contribution in [0.25, 0.3) is 0 Å². The predicted octanol–water partition coefficient (Wildman–Crippen LogP) is 0.595. The summed E-state index contributed by atoms with van der Waals surface area (Å²) < 4.78 is 5.15. The lowest BCUT2D eigenvalue weighted by atomic mass is 10.1. The zero-order valence-electron chi connectivity index (χ0n) is 11.4. The molecule has 19 heavy (non-hydrogen) atoms. The number of methoxy groups -OCH3 is 1. The third kappa shape index (κ3) is 2.98. The van der Waals surface area contributed by atoms with Gasteiger partial charge in [0, 0.05) is 25.3 Å². The minimum atomic E-state index is -0.307. The lowest BCUT2D eigenvalue weighted by Crippen LogP contribution is -2.49. The third-order valence-corrected chi connectivity index (χ3v) is 3.44. The molecule has 1 aliphatic heterocycles. The highest BCUT2D eigenvalue weighted by Gasteiger charge is 2.29. The predicted molar refractivity (Wildman–Crippen MR) is 75.4 cm³/mol. The van der Waals surface area contributed by atoms with Gasteiger partial charge in [0.2, 0.25) is 5.91 Å². The van der Waals surface area contributed by atoms with Crippen LogP contribution in [-0.4, -0.2) is 38.7 Å². The summed E-state index contributed by atoms with van der Waals surface area (Å²) in [5, 5.41) is 2.93. The smallest absolute Gasteiger partial charge is 0.244 e. The SMILES string of the molecule is COc1ccc(N2CC(C)CNC(=O)C2CN)cc1. The van der Waals surface area contributed by atoms with Crippen LogP contribution in [0.4, 0.5) is 5.69 Å². The van der Waals surface area contributed by atoms with E-state index in [1.165, 1.54) is 0 Å². The summed E-state index contributed by atoms with van der Waals surface area (Å²) in [6.07, 6.45) is 0. The minimum Gasteiger partial charge on any atom is -0.497 e. The van der Waals surface area contributed by atoms with Crippen molar-refractivity contribution in [2.75, 3.05) is 31.6 Å². The number of carbonyl (C=O) groups excluding carboxylic acids is 1. The van der Waals surface area contributed by atoms with E-state index >= 15 is 0 Å². The highest BCUT2D eigenvalue weighted by Crippen LogP contribution is 2.23. The second-order valence-electron chi connectivity index (χ2n) is 4.95. The summed E-state index contributed by atoms with van der Waals surface area (Å²) in [5.41, 5.74) is 6.77. The fourth-order valence-corrected chi connectivity index (χ4v) is 2.36. The van der Waals surface area contributed by atoms with Crippen molar-refractivity contribution in [3.63, 3.8) is 0 Å². The summed E-state index contributed by atoms with van der Waals surface area (Å²) in [7, 11) is 1.64. The number of benzene rings is 1. The molecule has 0 aromatic heterocycles. The number of carbonyl (C=O) groups is 1. The van der Waals surface area contributed by atoms with E-state index < -0.39 is 0 Å². The fraction of sp³-hybridized carbons (Fsp3) is 0.500. The first-order valence-electron chi connectivity index (χ1n) is 6.54. The normalized spacial score (nSPS) is 23.7. The first-order chi connectivity index (χ1) is 9.15. The van der Waals surface area contributed by atoms with Crippen LogP contribution in [0, 0.1) is 5.92 Å². The van der Waals surface area contributed by atoms with Gasteiger partial charge in [0.15, 0.2) is 0 Å². The molecule has 0 radical (unpaired) electrons. The lowest BCUT2D eigenvalue weighted by Gasteiger charge is -2.30. The maximum absolute atomic E-state index is 12.0. The van der Waals surface area contributed by atoms with Crippen molar-refractivity contribution in [2.24, 2.45) is 11.7 Å². The van der Waals surface area contributed by atoms with Crippen molar-refractivity contribution >= 4 is 11.6 Å². The van der Waals surface area contributed by atoms with Crippen molar-refractivity contribution in [2.45, 2.75) is 13.0 Å². The number of hydrogen-bond acceptors (Lipinski definition) is 4. The number of anilines is 1. The van der Waals surface area contributed by atoms with Crippen LogP contribution in [0.3, 0.4) is 0 Å². The molecule has 2 atom stereocenters. The van der Waals surface area contributed by atoms with Gasteiger partial charge in [-0.1, -0.05) is 6.92 Å². The molecule has 1 saturated heterocycles.